The monoisotopic (exact) mass is 443 g/mol. The van der Waals surface area contributed by atoms with Crippen molar-refractivity contribution in [1.82, 2.24) is 9.97 Å². The second-order valence-corrected chi connectivity index (χ2v) is 7.95. The van der Waals surface area contributed by atoms with Gasteiger partial charge in [-0.3, -0.25) is 14.5 Å². The Labute approximate surface area is 189 Å². The number of para-hydroxylation sites is 2. The Hall–Kier alpha value is -4.33. The zero-order valence-electron chi connectivity index (χ0n) is 18.0. The van der Waals surface area contributed by atoms with E-state index < -0.39 is 17.7 Å². The number of aliphatic hydroxyl groups is 1. The molecule has 1 atom stereocenters. The molecule has 0 saturated carbocycles. The number of nitrogens with zero attached hydrogens (tertiary/aromatic N) is 2. The molecular formula is C25H21N3O5. The standard InChI is InChI=1S/C25H21N3O5/c1-14(2)33-16-11-9-15(10-12-16)22(29)20-21(19-8-5-13-32-19)28(24(31)23(20)30)25-26-17-6-3-4-7-18(17)27-25/h3-14,21,29H,1-2H3,(H,26,27)/b22-20+. The van der Waals surface area contributed by atoms with Crippen LogP contribution >= 0.6 is 0 Å². The van der Waals surface area contributed by atoms with Gasteiger partial charge < -0.3 is 19.2 Å². The van der Waals surface area contributed by atoms with Crippen LogP contribution in [0.2, 0.25) is 0 Å². The van der Waals surface area contributed by atoms with E-state index in [2.05, 4.69) is 9.97 Å². The van der Waals surface area contributed by atoms with Gasteiger partial charge in [-0.15, -0.1) is 0 Å². The third kappa shape index (κ3) is 3.55. The fourth-order valence-electron chi connectivity index (χ4n) is 3.94. The van der Waals surface area contributed by atoms with Crippen molar-refractivity contribution in [3.05, 3.63) is 83.8 Å². The number of aromatic nitrogens is 2. The quantitative estimate of drug-likeness (QED) is 0.266. The number of furan rings is 1. The van der Waals surface area contributed by atoms with Gasteiger partial charge >= 0.3 is 5.91 Å². The lowest BCUT2D eigenvalue weighted by atomic mass is 9.99. The molecular weight excluding hydrogens is 422 g/mol. The Morgan fingerprint density at radius 1 is 1.09 bits per heavy atom. The molecule has 1 aliphatic heterocycles. The molecule has 166 valence electrons. The fraction of sp³-hybridized carbons (Fsp3) is 0.160. The third-order valence-electron chi connectivity index (χ3n) is 5.36. The van der Waals surface area contributed by atoms with Gasteiger partial charge in [-0.25, -0.2) is 4.98 Å². The van der Waals surface area contributed by atoms with E-state index in [4.69, 9.17) is 9.15 Å². The molecule has 0 radical (unpaired) electrons. The number of aliphatic hydroxyl groups excluding tert-OH is 1. The number of hydrogen-bond donors (Lipinski definition) is 2. The Balaban J connectivity index is 1.63. The number of anilines is 1. The van der Waals surface area contributed by atoms with E-state index in [9.17, 15) is 14.7 Å². The van der Waals surface area contributed by atoms with Gasteiger partial charge in [0.1, 0.15) is 23.3 Å². The van der Waals surface area contributed by atoms with E-state index in [1.807, 2.05) is 32.0 Å². The van der Waals surface area contributed by atoms with Crippen LogP contribution in [0.4, 0.5) is 5.95 Å². The third-order valence-corrected chi connectivity index (χ3v) is 5.36. The Morgan fingerprint density at radius 3 is 2.52 bits per heavy atom. The lowest BCUT2D eigenvalue weighted by Crippen LogP contribution is -2.30. The number of rotatable bonds is 5. The topological polar surface area (TPSA) is 109 Å². The molecule has 5 rings (SSSR count). The van der Waals surface area contributed by atoms with Crippen molar-refractivity contribution >= 4 is 34.4 Å². The Morgan fingerprint density at radius 2 is 1.85 bits per heavy atom. The number of benzene rings is 2. The van der Waals surface area contributed by atoms with E-state index in [0.29, 0.717) is 28.1 Å². The van der Waals surface area contributed by atoms with E-state index in [0.717, 1.165) is 0 Å². The lowest BCUT2D eigenvalue weighted by molar-refractivity contribution is -0.132. The zero-order chi connectivity index (χ0) is 23.1. The van der Waals surface area contributed by atoms with Crippen LogP contribution in [0.1, 0.15) is 31.2 Å². The van der Waals surface area contributed by atoms with Gasteiger partial charge in [-0.1, -0.05) is 12.1 Å². The van der Waals surface area contributed by atoms with Crippen LogP contribution in [0.25, 0.3) is 16.8 Å². The smallest absolute Gasteiger partial charge is 0.302 e. The largest absolute Gasteiger partial charge is 0.507 e. The number of imidazole rings is 1. The van der Waals surface area contributed by atoms with Crippen LogP contribution in [-0.2, 0) is 9.59 Å². The SMILES string of the molecule is CC(C)Oc1ccc(/C(O)=C2\C(=O)C(=O)N(c3nc4ccccc4[nH]3)C2c2ccco2)cc1. The molecule has 33 heavy (non-hydrogen) atoms. The molecule has 0 bridgehead atoms. The van der Waals surface area contributed by atoms with Crippen LogP contribution < -0.4 is 9.64 Å². The van der Waals surface area contributed by atoms with Gasteiger partial charge in [0.05, 0.1) is 29.0 Å². The van der Waals surface area contributed by atoms with Crippen molar-refractivity contribution in [2.75, 3.05) is 4.90 Å². The molecule has 1 amide bonds. The molecule has 2 N–H and O–H groups in total. The highest BCUT2D eigenvalue weighted by molar-refractivity contribution is 6.51. The summed E-state index contributed by atoms with van der Waals surface area (Å²) in [5.41, 5.74) is 1.67. The summed E-state index contributed by atoms with van der Waals surface area (Å²) >= 11 is 0. The number of carbonyl (C=O) groups is 2. The van der Waals surface area contributed by atoms with Crippen molar-refractivity contribution in [2.45, 2.75) is 26.0 Å². The Kier molecular flexibility index (Phi) is 4.97. The Bertz CT molecular complexity index is 1330. The van der Waals surface area contributed by atoms with Crippen molar-refractivity contribution in [3.63, 3.8) is 0 Å². The molecule has 3 heterocycles. The summed E-state index contributed by atoms with van der Waals surface area (Å²) < 4.78 is 11.2. The van der Waals surface area contributed by atoms with E-state index in [1.54, 1.807) is 42.5 Å². The average molecular weight is 443 g/mol. The van der Waals surface area contributed by atoms with Gasteiger partial charge in [0, 0.05) is 5.56 Å². The van der Waals surface area contributed by atoms with Gasteiger partial charge in [0.25, 0.3) is 5.78 Å². The minimum absolute atomic E-state index is 0.00228. The molecule has 2 aromatic carbocycles. The second-order valence-electron chi connectivity index (χ2n) is 7.95. The number of ether oxygens (including phenoxy) is 1. The van der Waals surface area contributed by atoms with Gasteiger partial charge in [-0.05, 0) is 62.4 Å². The number of amides is 1. The molecule has 1 unspecified atom stereocenters. The number of fused-ring (bicyclic) bond motifs is 1. The van der Waals surface area contributed by atoms with Crippen LogP contribution in [0, 0.1) is 0 Å². The van der Waals surface area contributed by atoms with Crippen molar-refractivity contribution < 1.29 is 23.8 Å². The highest BCUT2D eigenvalue weighted by Crippen LogP contribution is 2.41. The summed E-state index contributed by atoms with van der Waals surface area (Å²) in [6.45, 7) is 3.83. The molecule has 0 aliphatic carbocycles. The number of Topliss-reactive ketones (excluding diaryl/α,β-unsaturated/α-hetero) is 1. The minimum Gasteiger partial charge on any atom is -0.507 e. The number of carbonyl (C=O) groups excluding carboxylic acids is 2. The van der Waals surface area contributed by atoms with Crippen LogP contribution in [-0.4, -0.2) is 32.9 Å². The first-order valence-electron chi connectivity index (χ1n) is 10.5. The maximum atomic E-state index is 13.1. The minimum atomic E-state index is -0.979. The molecule has 8 nitrogen and oxygen atoms in total. The van der Waals surface area contributed by atoms with E-state index >= 15 is 0 Å². The summed E-state index contributed by atoms with van der Waals surface area (Å²) in [4.78, 5) is 35.0. The maximum absolute atomic E-state index is 13.1. The van der Waals surface area contributed by atoms with Gasteiger partial charge in [0.2, 0.25) is 5.95 Å². The maximum Gasteiger partial charge on any atom is 0.302 e. The predicted octanol–water partition coefficient (Wildman–Crippen LogP) is 4.57. The summed E-state index contributed by atoms with van der Waals surface area (Å²) in [6, 6.07) is 16.3. The summed E-state index contributed by atoms with van der Waals surface area (Å²) in [5.74, 6) is -0.777. The number of nitrogens with one attached hydrogen (secondary N) is 1. The molecule has 4 aromatic rings. The highest BCUT2D eigenvalue weighted by Gasteiger charge is 2.49. The van der Waals surface area contributed by atoms with Crippen LogP contribution in [0.3, 0.4) is 0 Å². The number of hydrogen-bond acceptors (Lipinski definition) is 6. The average Bonchev–Trinajstić information content (AvgIpc) is 3.52. The van der Waals surface area contributed by atoms with Crippen LogP contribution in [0.15, 0.2) is 76.9 Å². The summed E-state index contributed by atoms with van der Waals surface area (Å²) in [7, 11) is 0. The first-order valence-corrected chi connectivity index (χ1v) is 10.5. The zero-order valence-corrected chi connectivity index (χ0v) is 18.0. The molecule has 8 heteroatoms. The summed E-state index contributed by atoms with van der Waals surface area (Å²) in [6.07, 6.45) is 1.45. The number of H-pyrrole nitrogens is 1. The first kappa shape index (κ1) is 20.6. The fourth-order valence-corrected chi connectivity index (χ4v) is 3.94. The molecule has 1 aliphatic rings. The highest BCUT2D eigenvalue weighted by atomic mass is 16.5. The number of aromatic amines is 1. The lowest BCUT2D eigenvalue weighted by Gasteiger charge is -2.20. The molecule has 1 saturated heterocycles. The molecule has 2 aromatic heterocycles. The molecule has 0 spiro atoms. The normalized spacial score (nSPS) is 17.9. The predicted molar refractivity (Wildman–Crippen MR) is 122 cm³/mol. The van der Waals surface area contributed by atoms with Crippen molar-refractivity contribution in [1.29, 1.82) is 0 Å². The summed E-state index contributed by atoms with van der Waals surface area (Å²) in [5, 5.41) is 11.1. The number of ketones is 1. The molecule has 1 fully saturated rings. The first-order chi connectivity index (χ1) is 15.9. The van der Waals surface area contributed by atoms with Gasteiger partial charge in [0.15, 0.2) is 0 Å². The second kappa shape index (κ2) is 7.98. The van der Waals surface area contributed by atoms with Crippen molar-refractivity contribution in [3.8, 4) is 5.75 Å². The van der Waals surface area contributed by atoms with Crippen molar-refractivity contribution in [2.24, 2.45) is 0 Å². The van der Waals surface area contributed by atoms with E-state index in [-0.39, 0.29) is 23.4 Å². The van der Waals surface area contributed by atoms with Crippen LogP contribution in [0.5, 0.6) is 5.75 Å². The van der Waals surface area contributed by atoms with E-state index in [1.165, 1.54) is 11.2 Å². The van der Waals surface area contributed by atoms with Gasteiger partial charge in [-0.2, -0.15) is 0 Å².